The van der Waals surface area contributed by atoms with Crippen LogP contribution in [-0.2, 0) is 0 Å². The third-order valence-corrected chi connectivity index (χ3v) is 5.79. The summed E-state index contributed by atoms with van der Waals surface area (Å²) in [7, 11) is 0. The Morgan fingerprint density at radius 1 is 1.14 bits per heavy atom. The first-order valence-corrected chi connectivity index (χ1v) is 9.32. The first-order chi connectivity index (χ1) is 9.83. The van der Waals surface area contributed by atoms with Crippen molar-refractivity contribution in [1.29, 1.82) is 0 Å². The lowest BCUT2D eigenvalue weighted by atomic mass is 9.75. The molecule has 1 saturated carbocycles. The highest BCUT2D eigenvalue weighted by atomic mass is 15.3. The van der Waals surface area contributed by atoms with Crippen LogP contribution in [0.2, 0.25) is 0 Å². The molecule has 1 aliphatic carbocycles. The molecule has 2 nitrogen and oxygen atoms in total. The molecular formula is C19H38N2. The molecule has 0 bridgehead atoms. The Hall–Kier alpha value is -0.0800. The predicted molar refractivity (Wildman–Crippen MR) is 92.7 cm³/mol. The molecule has 124 valence electrons. The number of piperazine rings is 1. The van der Waals surface area contributed by atoms with E-state index in [4.69, 9.17) is 0 Å². The van der Waals surface area contributed by atoms with Gasteiger partial charge in [-0.3, -0.25) is 4.90 Å². The molecule has 1 spiro atoms. The minimum atomic E-state index is 0.368. The number of hydrogen-bond donors (Lipinski definition) is 1. The molecule has 2 aliphatic rings. The van der Waals surface area contributed by atoms with E-state index in [1.165, 1.54) is 64.6 Å². The van der Waals surface area contributed by atoms with Gasteiger partial charge in [0.25, 0.3) is 0 Å². The second-order valence-electron chi connectivity index (χ2n) is 9.07. The van der Waals surface area contributed by atoms with Crippen LogP contribution in [0.25, 0.3) is 0 Å². The van der Waals surface area contributed by atoms with Gasteiger partial charge >= 0.3 is 0 Å². The van der Waals surface area contributed by atoms with Gasteiger partial charge in [0, 0.05) is 24.7 Å². The van der Waals surface area contributed by atoms with Crippen LogP contribution in [0.5, 0.6) is 0 Å². The highest BCUT2D eigenvalue weighted by molar-refractivity contribution is 5.02. The van der Waals surface area contributed by atoms with Crippen molar-refractivity contribution in [2.75, 3.05) is 19.6 Å². The van der Waals surface area contributed by atoms with E-state index < -0.39 is 0 Å². The van der Waals surface area contributed by atoms with Crippen molar-refractivity contribution < 1.29 is 0 Å². The van der Waals surface area contributed by atoms with Crippen molar-refractivity contribution in [1.82, 2.24) is 10.2 Å². The van der Waals surface area contributed by atoms with E-state index in [0.717, 1.165) is 5.92 Å². The Morgan fingerprint density at radius 3 is 2.38 bits per heavy atom. The molecule has 1 aliphatic heterocycles. The third kappa shape index (κ3) is 4.45. The van der Waals surface area contributed by atoms with Crippen LogP contribution in [0.4, 0.5) is 0 Å². The molecule has 2 rings (SSSR count). The molecule has 1 N–H and O–H groups in total. The zero-order valence-electron chi connectivity index (χ0n) is 15.2. The standard InChI is InChI=1S/C19H38N2/c1-16(2)10-9-13-21-14-17(18(3,4)5)20-15-19(21)11-7-6-8-12-19/h16-17,20H,6-15H2,1-5H3. The van der Waals surface area contributed by atoms with E-state index >= 15 is 0 Å². The molecule has 2 heteroatoms. The number of hydrogen-bond acceptors (Lipinski definition) is 2. The second-order valence-corrected chi connectivity index (χ2v) is 9.07. The monoisotopic (exact) mass is 294 g/mol. The predicted octanol–water partition coefficient (Wildman–Crippen LogP) is 4.45. The molecule has 1 heterocycles. The molecule has 1 atom stereocenters. The van der Waals surface area contributed by atoms with E-state index in [9.17, 15) is 0 Å². The van der Waals surface area contributed by atoms with Gasteiger partial charge in [-0.2, -0.15) is 0 Å². The summed E-state index contributed by atoms with van der Waals surface area (Å²) in [4.78, 5) is 2.89. The Kier molecular flexibility index (Phi) is 5.76. The van der Waals surface area contributed by atoms with Crippen molar-refractivity contribution in [2.24, 2.45) is 11.3 Å². The minimum absolute atomic E-state index is 0.368. The molecule has 2 fully saturated rings. The first kappa shape index (κ1) is 17.3. The summed E-state index contributed by atoms with van der Waals surface area (Å²) in [5.41, 5.74) is 0.851. The quantitative estimate of drug-likeness (QED) is 0.824. The van der Waals surface area contributed by atoms with Crippen molar-refractivity contribution >= 4 is 0 Å². The molecule has 1 saturated heterocycles. The number of nitrogens with zero attached hydrogens (tertiary/aromatic N) is 1. The maximum Gasteiger partial charge on any atom is 0.0334 e. The average Bonchev–Trinajstić information content (AvgIpc) is 2.40. The second kappa shape index (κ2) is 7.00. The lowest BCUT2D eigenvalue weighted by Gasteiger charge is -2.54. The SMILES string of the molecule is CC(C)CCCN1CC(C(C)(C)C)NCC12CCCCC2. The molecule has 21 heavy (non-hydrogen) atoms. The fourth-order valence-corrected chi connectivity index (χ4v) is 4.21. The van der Waals surface area contributed by atoms with Crippen molar-refractivity contribution in [3.8, 4) is 0 Å². The number of nitrogens with one attached hydrogen (secondary N) is 1. The van der Waals surface area contributed by atoms with Crippen LogP contribution >= 0.6 is 0 Å². The van der Waals surface area contributed by atoms with Gasteiger partial charge in [0.1, 0.15) is 0 Å². The van der Waals surface area contributed by atoms with E-state index in [2.05, 4.69) is 44.8 Å². The van der Waals surface area contributed by atoms with Crippen molar-refractivity contribution in [3.05, 3.63) is 0 Å². The average molecular weight is 295 g/mol. The van der Waals surface area contributed by atoms with E-state index in [-0.39, 0.29) is 0 Å². The molecule has 1 unspecified atom stereocenters. The largest absolute Gasteiger partial charge is 0.310 e. The molecular weight excluding hydrogens is 256 g/mol. The molecule has 0 amide bonds. The number of rotatable bonds is 4. The van der Waals surface area contributed by atoms with Gasteiger partial charge in [-0.25, -0.2) is 0 Å². The van der Waals surface area contributed by atoms with Gasteiger partial charge in [0.15, 0.2) is 0 Å². The molecule has 0 aromatic heterocycles. The lowest BCUT2D eigenvalue weighted by Crippen LogP contribution is -2.67. The summed E-state index contributed by atoms with van der Waals surface area (Å²) in [6.45, 7) is 15.6. The van der Waals surface area contributed by atoms with Crippen LogP contribution in [0.15, 0.2) is 0 Å². The highest BCUT2D eigenvalue weighted by Gasteiger charge is 2.44. The minimum Gasteiger partial charge on any atom is -0.310 e. The van der Waals surface area contributed by atoms with Crippen LogP contribution in [0.1, 0.15) is 79.6 Å². The molecule has 0 radical (unpaired) electrons. The van der Waals surface area contributed by atoms with Crippen LogP contribution in [0.3, 0.4) is 0 Å². The lowest BCUT2D eigenvalue weighted by molar-refractivity contribution is -0.0114. The zero-order valence-corrected chi connectivity index (χ0v) is 15.2. The normalized spacial score (nSPS) is 27.4. The van der Waals surface area contributed by atoms with Gasteiger partial charge in [-0.1, -0.05) is 53.9 Å². The summed E-state index contributed by atoms with van der Waals surface area (Å²) < 4.78 is 0. The van der Waals surface area contributed by atoms with Gasteiger partial charge in [-0.05, 0) is 43.6 Å². The van der Waals surface area contributed by atoms with Gasteiger partial charge in [0.05, 0.1) is 0 Å². The van der Waals surface area contributed by atoms with E-state index in [1.807, 2.05) is 0 Å². The van der Waals surface area contributed by atoms with Gasteiger partial charge in [-0.15, -0.1) is 0 Å². The van der Waals surface area contributed by atoms with Gasteiger partial charge < -0.3 is 5.32 Å². The van der Waals surface area contributed by atoms with Crippen LogP contribution in [-0.4, -0.2) is 36.1 Å². The summed E-state index contributed by atoms with van der Waals surface area (Å²) >= 11 is 0. The Morgan fingerprint density at radius 2 is 1.81 bits per heavy atom. The summed E-state index contributed by atoms with van der Waals surface area (Å²) in [5.74, 6) is 0.841. The fourth-order valence-electron chi connectivity index (χ4n) is 4.21. The molecule has 0 aromatic carbocycles. The van der Waals surface area contributed by atoms with Crippen LogP contribution < -0.4 is 5.32 Å². The Labute approximate surface area is 133 Å². The summed E-state index contributed by atoms with van der Waals surface area (Å²) in [5, 5.41) is 3.91. The topological polar surface area (TPSA) is 15.3 Å². The first-order valence-electron chi connectivity index (χ1n) is 9.32. The summed E-state index contributed by atoms with van der Waals surface area (Å²) in [6.07, 6.45) is 9.89. The maximum absolute atomic E-state index is 3.91. The van der Waals surface area contributed by atoms with Crippen LogP contribution in [0, 0.1) is 11.3 Å². The van der Waals surface area contributed by atoms with Crippen molar-refractivity contribution in [3.63, 3.8) is 0 Å². The third-order valence-electron chi connectivity index (χ3n) is 5.79. The van der Waals surface area contributed by atoms with E-state index in [1.54, 1.807) is 0 Å². The fraction of sp³-hybridized carbons (Fsp3) is 1.00. The summed E-state index contributed by atoms with van der Waals surface area (Å²) in [6, 6.07) is 0.643. The smallest absolute Gasteiger partial charge is 0.0334 e. The van der Waals surface area contributed by atoms with Gasteiger partial charge in [0.2, 0.25) is 0 Å². The van der Waals surface area contributed by atoms with E-state index in [0.29, 0.717) is 17.0 Å². The Balaban J connectivity index is 2.02. The highest BCUT2D eigenvalue weighted by Crippen LogP contribution is 2.37. The maximum atomic E-state index is 3.91. The zero-order chi connectivity index (χ0) is 15.5. The molecule has 0 aromatic rings. The Bertz CT molecular complexity index is 310. The van der Waals surface area contributed by atoms with Crippen molar-refractivity contribution in [2.45, 2.75) is 91.1 Å².